The maximum Gasteiger partial charge on any atom is 0.338 e. The van der Waals surface area contributed by atoms with Crippen molar-refractivity contribution in [2.24, 2.45) is 0 Å². The lowest BCUT2D eigenvalue weighted by Crippen LogP contribution is -2.11. The second kappa shape index (κ2) is 8.29. The third kappa shape index (κ3) is 5.55. The summed E-state index contributed by atoms with van der Waals surface area (Å²) in [7, 11) is 0. The van der Waals surface area contributed by atoms with Crippen LogP contribution in [0.4, 0.5) is 5.69 Å². The molecule has 0 aliphatic carbocycles. The van der Waals surface area contributed by atoms with Crippen LogP contribution in [0.25, 0.3) is 0 Å². The smallest absolute Gasteiger partial charge is 0.338 e. The van der Waals surface area contributed by atoms with E-state index in [1.807, 2.05) is 13.8 Å². The molecule has 0 aliphatic heterocycles. The first-order valence-corrected chi connectivity index (χ1v) is 6.74. The van der Waals surface area contributed by atoms with Crippen molar-refractivity contribution in [3.8, 4) is 0 Å². The maximum atomic E-state index is 11.6. The summed E-state index contributed by atoms with van der Waals surface area (Å²) in [6.45, 7) is 4.45. The van der Waals surface area contributed by atoms with Crippen LogP contribution in [0, 0.1) is 0 Å². The molecular formula is C15H21NO3. The number of hydrogen-bond donors (Lipinski definition) is 1. The van der Waals surface area contributed by atoms with E-state index in [2.05, 4.69) is 5.32 Å². The standard InChI is InChI=1S/C15H21NO3/c1-3-5-11-19-15(18)12-7-9-13(10-8-12)16-14(17)6-4-2/h7-10H,3-6,11H2,1-2H3,(H,16,17). The van der Waals surface area contributed by atoms with E-state index in [-0.39, 0.29) is 11.9 Å². The number of unbranched alkanes of at least 4 members (excludes halogenated alkanes) is 1. The SMILES string of the molecule is CCCCOC(=O)c1ccc(NC(=O)CCC)cc1. The highest BCUT2D eigenvalue weighted by Gasteiger charge is 2.07. The predicted molar refractivity (Wildman–Crippen MR) is 75.2 cm³/mol. The van der Waals surface area contributed by atoms with Gasteiger partial charge in [-0.15, -0.1) is 0 Å². The molecule has 0 saturated carbocycles. The third-order valence-electron chi connectivity index (χ3n) is 2.61. The zero-order valence-electron chi connectivity index (χ0n) is 11.6. The Labute approximate surface area is 114 Å². The van der Waals surface area contributed by atoms with Crippen LogP contribution >= 0.6 is 0 Å². The molecule has 104 valence electrons. The number of amides is 1. The topological polar surface area (TPSA) is 55.4 Å². The summed E-state index contributed by atoms with van der Waals surface area (Å²) in [5.41, 5.74) is 1.20. The summed E-state index contributed by atoms with van der Waals surface area (Å²) in [5.74, 6) is -0.333. The Kier molecular flexibility index (Phi) is 6.64. The Bertz CT molecular complexity index is 412. The van der Waals surface area contributed by atoms with Crippen LogP contribution in [0.5, 0.6) is 0 Å². The van der Waals surface area contributed by atoms with Crippen molar-refractivity contribution < 1.29 is 14.3 Å². The third-order valence-corrected chi connectivity index (χ3v) is 2.61. The lowest BCUT2D eigenvalue weighted by Gasteiger charge is -2.06. The van der Waals surface area contributed by atoms with Gasteiger partial charge < -0.3 is 10.1 Å². The van der Waals surface area contributed by atoms with Gasteiger partial charge in [-0.3, -0.25) is 4.79 Å². The molecule has 0 aliphatic rings. The average molecular weight is 263 g/mol. The fraction of sp³-hybridized carbons (Fsp3) is 0.467. The molecule has 0 atom stereocenters. The molecule has 0 fully saturated rings. The molecule has 0 aromatic heterocycles. The van der Waals surface area contributed by atoms with Gasteiger partial charge in [-0.05, 0) is 37.1 Å². The van der Waals surface area contributed by atoms with E-state index in [9.17, 15) is 9.59 Å². The number of rotatable bonds is 7. The molecule has 1 N–H and O–H groups in total. The van der Waals surface area contributed by atoms with Crippen molar-refractivity contribution in [1.82, 2.24) is 0 Å². The maximum absolute atomic E-state index is 11.6. The van der Waals surface area contributed by atoms with Crippen LogP contribution in [-0.4, -0.2) is 18.5 Å². The number of benzene rings is 1. The van der Waals surface area contributed by atoms with Crippen molar-refractivity contribution in [3.05, 3.63) is 29.8 Å². The van der Waals surface area contributed by atoms with Crippen molar-refractivity contribution >= 4 is 17.6 Å². The van der Waals surface area contributed by atoms with Gasteiger partial charge in [-0.25, -0.2) is 4.79 Å². The fourth-order valence-electron chi connectivity index (χ4n) is 1.53. The van der Waals surface area contributed by atoms with Crippen molar-refractivity contribution in [1.29, 1.82) is 0 Å². The van der Waals surface area contributed by atoms with Gasteiger partial charge in [0.2, 0.25) is 5.91 Å². The summed E-state index contributed by atoms with van der Waals surface area (Å²) in [6, 6.07) is 6.75. The molecule has 19 heavy (non-hydrogen) atoms. The predicted octanol–water partition coefficient (Wildman–Crippen LogP) is 3.38. The highest BCUT2D eigenvalue weighted by molar-refractivity contribution is 5.93. The van der Waals surface area contributed by atoms with Crippen LogP contribution in [0.2, 0.25) is 0 Å². The normalized spacial score (nSPS) is 10.0. The zero-order chi connectivity index (χ0) is 14.1. The monoisotopic (exact) mass is 263 g/mol. The number of carbonyl (C=O) groups is 2. The average Bonchev–Trinajstić information content (AvgIpc) is 2.40. The summed E-state index contributed by atoms with van der Waals surface area (Å²) in [4.78, 5) is 23.0. The molecule has 0 heterocycles. The highest BCUT2D eigenvalue weighted by atomic mass is 16.5. The summed E-state index contributed by atoms with van der Waals surface area (Å²) in [6.07, 6.45) is 3.18. The molecule has 1 rings (SSSR count). The van der Waals surface area contributed by atoms with E-state index in [1.54, 1.807) is 24.3 Å². The van der Waals surface area contributed by atoms with E-state index in [0.29, 0.717) is 24.3 Å². The van der Waals surface area contributed by atoms with Gasteiger partial charge in [0.1, 0.15) is 0 Å². The first kappa shape index (κ1) is 15.2. The number of esters is 1. The van der Waals surface area contributed by atoms with Gasteiger partial charge in [-0.2, -0.15) is 0 Å². The molecule has 1 aromatic rings. The number of carbonyl (C=O) groups excluding carboxylic acids is 2. The van der Waals surface area contributed by atoms with Crippen LogP contribution in [0.1, 0.15) is 49.9 Å². The molecule has 0 bridgehead atoms. The first-order chi connectivity index (χ1) is 9.17. The summed E-state index contributed by atoms with van der Waals surface area (Å²) >= 11 is 0. The Morgan fingerprint density at radius 3 is 2.37 bits per heavy atom. The summed E-state index contributed by atoms with van der Waals surface area (Å²) < 4.78 is 5.10. The van der Waals surface area contributed by atoms with Crippen LogP contribution < -0.4 is 5.32 Å². The Balaban J connectivity index is 2.51. The molecule has 4 heteroatoms. The molecule has 0 saturated heterocycles. The minimum absolute atomic E-state index is 0.0132. The highest BCUT2D eigenvalue weighted by Crippen LogP contribution is 2.11. The molecule has 1 amide bonds. The van der Waals surface area contributed by atoms with Gasteiger partial charge in [0, 0.05) is 12.1 Å². The van der Waals surface area contributed by atoms with Crippen LogP contribution in [-0.2, 0) is 9.53 Å². The lowest BCUT2D eigenvalue weighted by molar-refractivity contribution is -0.116. The summed E-state index contributed by atoms with van der Waals surface area (Å²) in [5, 5.41) is 2.77. The van der Waals surface area contributed by atoms with Crippen molar-refractivity contribution in [3.63, 3.8) is 0 Å². The molecular weight excluding hydrogens is 242 g/mol. The second-order valence-corrected chi connectivity index (χ2v) is 4.36. The van der Waals surface area contributed by atoms with Gasteiger partial charge in [-0.1, -0.05) is 20.3 Å². The first-order valence-electron chi connectivity index (χ1n) is 6.74. The van der Waals surface area contributed by atoms with Gasteiger partial charge >= 0.3 is 5.97 Å². The van der Waals surface area contributed by atoms with Crippen LogP contribution in [0.3, 0.4) is 0 Å². The molecule has 0 unspecified atom stereocenters. The number of nitrogens with one attached hydrogen (secondary N) is 1. The minimum atomic E-state index is -0.320. The van der Waals surface area contributed by atoms with Crippen molar-refractivity contribution in [2.75, 3.05) is 11.9 Å². The Morgan fingerprint density at radius 1 is 1.11 bits per heavy atom. The molecule has 4 nitrogen and oxygen atoms in total. The van der Waals surface area contributed by atoms with Gasteiger partial charge in [0.25, 0.3) is 0 Å². The zero-order valence-corrected chi connectivity index (χ0v) is 11.6. The van der Waals surface area contributed by atoms with E-state index in [1.165, 1.54) is 0 Å². The van der Waals surface area contributed by atoms with E-state index < -0.39 is 0 Å². The second-order valence-electron chi connectivity index (χ2n) is 4.36. The van der Waals surface area contributed by atoms with Crippen LogP contribution in [0.15, 0.2) is 24.3 Å². The van der Waals surface area contributed by atoms with Crippen molar-refractivity contribution in [2.45, 2.75) is 39.5 Å². The fourth-order valence-corrected chi connectivity index (χ4v) is 1.53. The lowest BCUT2D eigenvalue weighted by atomic mass is 10.2. The number of ether oxygens (including phenoxy) is 1. The quantitative estimate of drug-likeness (QED) is 0.606. The Hall–Kier alpha value is -1.84. The minimum Gasteiger partial charge on any atom is -0.462 e. The number of hydrogen-bond acceptors (Lipinski definition) is 3. The molecule has 0 spiro atoms. The van der Waals surface area contributed by atoms with Gasteiger partial charge in [0.05, 0.1) is 12.2 Å². The molecule has 1 aromatic carbocycles. The van der Waals surface area contributed by atoms with E-state index in [4.69, 9.17) is 4.74 Å². The number of anilines is 1. The Morgan fingerprint density at radius 2 is 1.79 bits per heavy atom. The largest absolute Gasteiger partial charge is 0.462 e. The van der Waals surface area contributed by atoms with Gasteiger partial charge in [0.15, 0.2) is 0 Å². The van der Waals surface area contributed by atoms with E-state index in [0.717, 1.165) is 19.3 Å². The molecule has 0 radical (unpaired) electrons. The van der Waals surface area contributed by atoms with E-state index >= 15 is 0 Å².